The lowest BCUT2D eigenvalue weighted by Crippen LogP contribution is -2.41. The summed E-state index contributed by atoms with van der Waals surface area (Å²) in [4.78, 5) is 19.3. The summed E-state index contributed by atoms with van der Waals surface area (Å²) in [5, 5.41) is 2.97. The molecule has 0 unspecified atom stereocenters. The molecule has 4 nitrogen and oxygen atoms in total. The third kappa shape index (κ3) is 4.65. The maximum Gasteiger partial charge on any atom is 0.229 e. The zero-order valence-corrected chi connectivity index (χ0v) is 14.2. The quantitative estimate of drug-likeness (QED) is 0.918. The van der Waals surface area contributed by atoms with Crippen molar-refractivity contribution in [3.05, 3.63) is 59.8 Å². The molecular weight excluding hydrogens is 298 g/mol. The zero-order chi connectivity index (χ0) is 16.8. The first-order chi connectivity index (χ1) is 11.7. The van der Waals surface area contributed by atoms with Crippen LogP contribution in [0.5, 0.6) is 0 Å². The molecule has 1 aromatic carbocycles. The van der Waals surface area contributed by atoms with Crippen molar-refractivity contribution in [2.45, 2.75) is 26.2 Å². The minimum Gasteiger partial charge on any atom is -0.310 e. The van der Waals surface area contributed by atoms with Gasteiger partial charge >= 0.3 is 0 Å². The van der Waals surface area contributed by atoms with E-state index in [0.29, 0.717) is 5.82 Å². The number of aryl methyl sites for hydroxylation is 1. The number of pyridine rings is 1. The molecule has 2 aromatic rings. The van der Waals surface area contributed by atoms with Gasteiger partial charge in [-0.25, -0.2) is 4.98 Å². The summed E-state index contributed by atoms with van der Waals surface area (Å²) in [6.07, 6.45) is 3.07. The summed E-state index contributed by atoms with van der Waals surface area (Å²) in [5.41, 5.74) is 2.27. The molecule has 126 valence electrons. The highest BCUT2D eigenvalue weighted by Crippen LogP contribution is 2.19. The molecule has 0 radical (unpaired) electrons. The largest absolute Gasteiger partial charge is 0.310 e. The van der Waals surface area contributed by atoms with E-state index in [9.17, 15) is 4.79 Å². The van der Waals surface area contributed by atoms with Gasteiger partial charge in [0.1, 0.15) is 5.82 Å². The Kier molecular flexibility index (Phi) is 5.59. The van der Waals surface area contributed by atoms with Gasteiger partial charge in [-0.3, -0.25) is 4.79 Å². The van der Waals surface area contributed by atoms with E-state index in [1.807, 2.05) is 31.2 Å². The Morgan fingerprint density at radius 1 is 1.21 bits per heavy atom. The number of rotatable bonds is 5. The molecule has 1 aromatic heterocycles. The van der Waals surface area contributed by atoms with Crippen LogP contribution in [0.1, 0.15) is 24.1 Å². The zero-order valence-electron chi connectivity index (χ0n) is 14.2. The number of amides is 1. The Labute approximate surface area is 143 Å². The summed E-state index contributed by atoms with van der Waals surface area (Å²) in [7, 11) is 0. The lowest BCUT2D eigenvalue weighted by Gasteiger charge is -2.31. The molecule has 1 saturated heterocycles. The molecule has 2 heterocycles. The number of hydrogen-bond acceptors (Lipinski definition) is 3. The summed E-state index contributed by atoms with van der Waals surface area (Å²) < 4.78 is 0. The standard InChI is InChI=1S/C20H25N3O/c1-16-7-5-11-19(21-16)22-20(24)18-10-6-13-23(15-18)14-12-17-8-3-2-4-9-17/h2-5,7-9,11,18H,6,10,12-15H2,1H3,(H,21,22,24)/t18-/m1/s1. The maximum absolute atomic E-state index is 12.5. The van der Waals surface area contributed by atoms with Crippen molar-refractivity contribution in [2.24, 2.45) is 5.92 Å². The van der Waals surface area contributed by atoms with Crippen LogP contribution in [0.25, 0.3) is 0 Å². The first kappa shape index (κ1) is 16.7. The fraction of sp³-hybridized carbons (Fsp3) is 0.400. The van der Waals surface area contributed by atoms with Crippen LogP contribution in [0.4, 0.5) is 5.82 Å². The normalized spacial score (nSPS) is 18.3. The number of benzene rings is 1. The van der Waals surface area contributed by atoms with Gasteiger partial charge in [-0.1, -0.05) is 36.4 Å². The van der Waals surface area contributed by atoms with E-state index in [-0.39, 0.29) is 11.8 Å². The number of hydrogen-bond donors (Lipinski definition) is 1. The minimum absolute atomic E-state index is 0.0526. The van der Waals surface area contributed by atoms with Crippen molar-refractivity contribution < 1.29 is 4.79 Å². The van der Waals surface area contributed by atoms with Gasteiger partial charge in [0, 0.05) is 18.8 Å². The number of aromatic nitrogens is 1. The van der Waals surface area contributed by atoms with E-state index >= 15 is 0 Å². The van der Waals surface area contributed by atoms with Crippen LogP contribution in [0.3, 0.4) is 0 Å². The van der Waals surface area contributed by atoms with Crippen molar-refractivity contribution in [3.63, 3.8) is 0 Å². The number of anilines is 1. The molecule has 0 saturated carbocycles. The maximum atomic E-state index is 12.5. The van der Waals surface area contributed by atoms with Gasteiger partial charge in [0.15, 0.2) is 0 Å². The molecule has 1 amide bonds. The number of carbonyl (C=O) groups is 1. The number of piperidine rings is 1. The Morgan fingerprint density at radius 3 is 2.83 bits per heavy atom. The predicted molar refractivity (Wildman–Crippen MR) is 96.9 cm³/mol. The molecule has 3 rings (SSSR count). The molecule has 0 spiro atoms. The smallest absolute Gasteiger partial charge is 0.229 e. The Balaban J connectivity index is 1.52. The van der Waals surface area contributed by atoms with Gasteiger partial charge in [0.2, 0.25) is 5.91 Å². The molecule has 0 bridgehead atoms. The van der Waals surface area contributed by atoms with Crippen molar-refractivity contribution in [2.75, 3.05) is 25.0 Å². The average Bonchev–Trinajstić information content (AvgIpc) is 2.61. The SMILES string of the molecule is Cc1cccc(NC(=O)[C@@H]2CCCN(CCc3ccccc3)C2)n1. The Hall–Kier alpha value is -2.20. The van der Waals surface area contributed by atoms with Gasteiger partial charge < -0.3 is 10.2 Å². The number of likely N-dealkylation sites (tertiary alicyclic amines) is 1. The summed E-state index contributed by atoms with van der Waals surface area (Å²) >= 11 is 0. The first-order valence-corrected chi connectivity index (χ1v) is 8.71. The van der Waals surface area contributed by atoms with Crippen molar-refractivity contribution in [3.8, 4) is 0 Å². The second-order valence-electron chi connectivity index (χ2n) is 6.53. The number of carbonyl (C=O) groups excluding carboxylic acids is 1. The molecule has 1 fully saturated rings. The van der Waals surface area contributed by atoms with Crippen molar-refractivity contribution in [1.29, 1.82) is 0 Å². The second kappa shape index (κ2) is 8.06. The van der Waals surface area contributed by atoms with Crippen LogP contribution in [0.15, 0.2) is 48.5 Å². The minimum atomic E-state index is 0.0526. The van der Waals surface area contributed by atoms with E-state index in [1.165, 1.54) is 5.56 Å². The second-order valence-corrected chi connectivity index (χ2v) is 6.53. The van der Waals surface area contributed by atoms with Crippen LogP contribution >= 0.6 is 0 Å². The van der Waals surface area contributed by atoms with E-state index in [0.717, 1.165) is 44.6 Å². The highest BCUT2D eigenvalue weighted by molar-refractivity contribution is 5.91. The molecule has 1 aliphatic rings. The number of nitrogens with zero attached hydrogens (tertiary/aromatic N) is 2. The monoisotopic (exact) mass is 323 g/mol. The average molecular weight is 323 g/mol. The molecule has 1 aliphatic heterocycles. The lowest BCUT2D eigenvalue weighted by atomic mass is 9.96. The highest BCUT2D eigenvalue weighted by atomic mass is 16.2. The van der Waals surface area contributed by atoms with Crippen LogP contribution in [0, 0.1) is 12.8 Å². The van der Waals surface area contributed by atoms with Gasteiger partial charge in [-0.15, -0.1) is 0 Å². The fourth-order valence-electron chi connectivity index (χ4n) is 3.25. The molecule has 24 heavy (non-hydrogen) atoms. The van der Waals surface area contributed by atoms with E-state index in [4.69, 9.17) is 0 Å². The molecular formula is C20H25N3O. The molecule has 1 N–H and O–H groups in total. The van der Waals surface area contributed by atoms with E-state index in [2.05, 4.69) is 39.5 Å². The summed E-state index contributed by atoms with van der Waals surface area (Å²) in [6.45, 7) is 4.86. The molecule has 1 atom stereocenters. The van der Waals surface area contributed by atoms with Crippen molar-refractivity contribution >= 4 is 11.7 Å². The Bertz CT molecular complexity index is 672. The third-order valence-electron chi connectivity index (χ3n) is 4.58. The van der Waals surface area contributed by atoms with Gasteiger partial charge in [-0.2, -0.15) is 0 Å². The fourth-order valence-corrected chi connectivity index (χ4v) is 3.25. The van der Waals surface area contributed by atoms with E-state index in [1.54, 1.807) is 0 Å². The molecule has 4 heteroatoms. The predicted octanol–water partition coefficient (Wildman–Crippen LogP) is 3.28. The van der Waals surface area contributed by atoms with Gasteiger partial charge in [0.25, 0.3) is 0 Å². The van der Waals surface area contributed by atoms with Gasteiger partial charge in [0.05, 0.1) is 5.92 Å². The van der Waals surface area contributed by atoms with Crippen molar-refractivity contribution in [1.82, 2.24) is 9.88 Å². The van der Waals surface area contributed by atoms with Crippen LogP contribution < -0.4 is 5.32 Å². The summed E-state index contributed by atoms with van der Waals surface area (Å²) in [5.74, 6) is 0.802. The van der Waals surface area contributed by atoms with E-state index < -0.39 is 0 Å². The third-order valence-corrected chi connectivity index (χ3v) is 4.58. The van der Waals surface area contributed by atoms with Crippen LogP contribution in [0.2, 0.25) is 0 Å². The van der Waals surface area contributed by atoms with Gasteiger partial charge in [-0.05, 0) is 50.4 Å². The molecule has 0 aliphatic carbocycles. The van der Waals surface area contributed by atoms with Crippen LogP contribution in [-0.2, 0) is 11.2 Å². The first-order valence-electron chi connectivity index (χ1n) is 8.71. The van der Waals surface area contributed by atoms with Crippen LogP contribution in [-0.4, -0.2) is 35.4 Å². The Morgan fingerprint density at radius 2 is 2.04 bits per heavy atom. The topological polar surface area (TPSA) is 45.2 Å². The summed E-state index contributed by atoms with van der Waals surface area (Å²) in [6, 6.07) is 16.2. The lowest BCUT2D eigenvalue weighted by molar-refractivity contribution is -0.121. The number of nitrogens with one attached hydrogen (secondary N) is 1. The highest BCUT2D eigenvalue weighted by Gasteiger charge is 2.25.